The molecule has 0 radical (unpaired) electrons. The number of benzene rings is 1. The fourth-order valence-corrected chi connectivity index (χ4v) is 6.50. The average Bonchev–Trinajstić information content (AvgIpc) is 2.74. The van der Waals surface area contributed by atoms with E-state index in [-0.39, 0.29) is 36.2 Å². The number of pyridine rings is 1. The molecule has 2 N–H and O–H groups in total. The predicted molar refractivity (Wildman–Crippen MR) is 131 cm³/mol. The second-order valence-corrected chi connectivity index (χ2v) is 15.3. The number of aliphatic carboxylic acids is 1. The van der Waals surface area contributed by atoms with Crippen LogP contribution >= 0.6 is 0 Å². The van der Waals surface area contributed by atoms with Gasteiger partial charge < -0.3 is 20.1 Å². The van der Waals surface area contributed by atoms with Crippen LogP contribution in [0.25, 0.3) is 0 Å². The van der Waals surface area contributed by atoms with Crippen molar-refractivity contribution < 1.29 is 33.0 Å². The van der Waals surface area contributed by atoms with Crippen molar-refractivity contribution in [3.63, 3.8) is 0 Å². The van der Waals surface area contributed by atoms with Crippen LogP contribution in [0, 0.1) is 23.5 Å². The first-order valence-electron chi connectivity index (χ1n) is 11.8. The number of carboxylic acids is 1. The minimum atomic E-state index is -2.30. The van der Waals surface area contributed by atoms with Crippen LogP contribution in [0.4, 0.5) is 14.5 Å². The van der Waals surface area contributed by atoms with Crippen LogP contribution in [0.5, 0.6) is 5.88 Å². The Morgan fingerprint density at radius 3 is 2.31 bits per heavy atom. The van der Waals surface area contributed by atoms with E-state index in [1.54, 1.807) is 12.1 Å². The molecule has 11 heteroatoms. The molecule has 36 heavy (non-hydrogen) atoms. The van der Waals surface area contributed by atoms with Gasteiger partial charge in [0.05, 0.1) is 26.8 Å². The zero-order chi connectivity index (χ0) is 26.4. The summed E-state index contributed by atoms with van der Waals surface area (Å²) in [5.41, 5.74) is 1.02. The van der Waals surface area contributed by atoms with Crippen LogP contribution in [0.3, 0.4) is 0 Å². The molecule has 2 aliphatic rings. The number of nitrogens with one attached hydrogen (secondary N) is 1. The van der Waals surface area contributed by atoms with Gasteiger partial charge in [-0.3, -0.25) is 14.4 Å². The molecular formula is C25H29F2N3O5Si. The molecule has 4 rings (SSSR count). The molecule has 8 nitrogen and oxygen atoms in total. The molecule has 0 spiro atoms. The molecule has 1 atom stereocenters. The highest BCUT2D eigenvalue weighted by Gasteiger charge is 2.45. The Balaban J connectivity index is 1.65. The maximum Gasteiger partial charge on any atom is 0.306 e. The first-order valence-corrected chi connectivity index (χ1v) is 15.3. The number of ether oxygens (including phenoxy) is 1. The molecular weight excluding hydrogens is 488 g/mol. The van der Waals surface area contributed by atoms with E-state index in [1.165, 1.54) is 12.0 Å². The number of fused-ring (bicyclic) bond motifs is 1. The highest BCUT2D eigenvalue weighted by atomic mass is 28.3. The van der Waals surface area contributed by atoms with Crippen molar-refractivity contribution in [3.8, 4) is 5.88 Å². The van der Waals surface area contributed by atoms with Gasteiger partial charge in [0.25, 0.3) is 5.91 Å². The number of anilines is 1. The lowest BCUT2D eigenvalue weighted by molar-refractivity contribution is -0.154. The quantitative estimate of drug-likeness (QED) is 0.570. The molecule has 0 saturated heterocycles. The molecule has 1 fully saturated rings. The highest BCUT2D eigenvalue weighted by Crippen LogP contribution is 2.39. The summed E-state index contributed by atoms with van der Waals surface area (Å²) in [6, 6.07) is 4.34. The molecule has 1 aromatic carbocycles. The lowest BCUT2D eigenvalue weighted by Gasteiger charge is -2.41. The topological polar surface area (TPSA) is 109 Å². The molecule has 1 saturated carbocycles. The molecule has 1 aromatic heterocycles. The Morgan fingerprint density at radius 2 is 1.75 bits per heavy atom. The largest absolute Gasteiger partial charge is 0.481 e. The minimum Gasteiger partial charge on any atom is -0.481 e. The molecule has 2 aromatic rings. The van der Waals surface area contributed by atoms with Crippen molar-refractivity contribution in [1.29, 1.82) is 0 Å². The van der Waals surface area contributed by atoms with E-state index in [1.807, 2.05) is 19.6 Å². The van der Waals surface area contributed by atoms with Gasteiger partial charge in [0.2, 0.25) is 11.8 Å². The third-order valence-electron chi connectivity index (χ3n) is 6.82. The van der Waals surface area contributed by atoms with Crippen molar-refractivity contribution >= 4 is 36.7 Å². The van der Waals surface area contributed by atoms with Gasteiger partial charge in [0, 0.05) is 41.4 Å². The van der Waals surface area contributed by atoms with Gasteiger partial charge in [0.1, 0.15) is 17.7 Å². The van der Waals surface area contributed by atoms with Crippen LogP contribution in [0.15, 0.2) is 24.3 Å². The molecule has 1 aliphatic carbocycles. The Kier molecular flexibility index (Phi) is 6.87. The number of hydrogen-bond donors (Lipinski definition) is 2. The van der Waals surface area contributed by atoms with E-state index in [4.69, 9.17) is 4.74 Å². The van der Waals surface area contributed by atoms with Gasteiger partial charge >= 0.3 is 5.97 Å². The standard InChI is InChI=1S/C25H29F2N3O5Si/c1-35-20-6-5-16-19(29-20)7-8-30(24(32)13-9-14(10-13)25(33)34)21(16)23(31)28-15-11-17(26)22(18(27)12-15)36(2,3)4/h5-6,11-14,21H,7-10H2,1-4H3,(H,28,31)(H,33,34)/t13-,14+,21?. The second kappa shape index (κ2) is 9.60. The number of carboxylic acid groups (broad SMARTS) is 1. The van der Waals surface area contributed by atoms with Crippen molar-refractivity contribution in [3.05, 3.63) is 47.2 Å². The number of aromatic nitrogens is 1. The minimum absolute atomic E-state index is 0.0485. The van der Waals surface area contributed by atoms with Gasteiger partial charge in [-0.2, -0.15) is 0 Å². The van der Waals surface area contributed by atoms with Gasteiger partial charge in [-0.25, -0.2) is 13.8 Å². The average molecular weight is 518 g/mol. The number of carbonyl (C=O) groups is 3. The third-order valence-corrected chi connectivity index (χ3v) is 8.79. The van der Waals surface area contributed by atoms with E-state index >= 15 is 0 Å². The second-order valence-electron chi connectivity index (χ2n) is 10.3. The number of rotatable bonds is 6. The lowest BCUT2D eigenvalue weighted by atomic mass is 9.73. The first-order chi connectivity index (χ1) is 16.9. The maximum absolute atomic E-state index is 14.8. The third kappa shape index (κ3) is 4.84. The van der Waals surface area contributed by atoms with Crippen molar-refractivity contribution in [1.82, 2.24) is 9.88 Å². The number of methoxy groups -OCH3 is 1. The summed E-state index contributed by atoms with van der Waals surface area (Å²) in [6.45, 7) is 5.67. The van der Waals surface area contributed by atoms with E-state index in [0.717, 1.165) is 12.1 Å². The van der Waals surface area contributed by atoms with Crippen LogP contribution in [-0.4, -0.2) is 54.5 Å². The van der Waals surface area contributed by atoms with Gasteiger partial charge in [-0.1, -0.05) is 19.6 Å². The number of hydrogen-bond acceptors (Lipinski definition) is 5. The molecule has 192 valence electrons. The van der Waals surface area contributed by atoms with Crippen molar-refractivity contribution in [2.45, 2.75) is 44.9 Å². The zero-order valence-electron chi connectivity index (χ0n) is 20.6. The van der Waals surface area contributed by atoms with Crippen LogP contribution in [0.2, 0.25) is 19.6 Å². The number of amides is 2. The van der Waals surface area contributed by atoms with Crippen LogP contribution in [-0.2, 0) is 20.8 Å². The van der Waals surface area contributed by atoms with E-state index in [0.29, 0.717) is 23.6 Å². The fourth-order valence-electron chi connectivity index (χ4n) is 4.93. The monoisotopic (exact) mass is 517 g/mol. The summed E-state index contributed by atoms with van der Waals surface area (Å²) in [7, 11) is -0.829. The van der Waals surface area contributed by atoms with Gasteiger partial charge in [-0.15, -0.1) is 0 Å². The summed E-state index contributed by atoms with van der Waals surface area (Å²) in [4.78, 5) is 43.8. The van der Waals surface area contributed by atoms with Crippen LogP contribution < -0.4 is 15.2 Å². The molecule has 1 aliphatic heterocycles. The predicted octanol–water partition coefficient (Wildman–Crippen LogP) is 3.09. The van der Waals surface area contributed by atoms with E-state index < -0.39 is 49.5 Å². The smallest absolute Gasteiger partial charge is 0.306 e. The summed E-state index contributed by atoms with van der Waals surface area (Å²) in [5.74, 6) is -4.05. The summed E-state index contributed by atoms with van der Waals surface area (Å²) in [5, 5.41) is 11.8. The Labute approximate surface area is 208 Å². The first kappa shape index (κ1) is 25.7. The molecule has 2 heterocycles. The Hall–Kier alpha value is -3.34. The zero-order valence-corrected chi connectivity index (χ0v) is 21.6. The number of nitrogens with zero attached hydrogens (tertiary/aromatic N) is 2. The SMILES string of the molecule is COc1ccc2c(n1)CCN(C(=O)[C@H]1C[C@@H](C(=O)O)C1)C2C(=O)Nc1cc(F)c([Si](C)(C)C)c(F)c1. The van der Waals surface area contributed by atoms with Crippen molar-refractivity contribution in [2.75, 3.05) is 19.0 Å². The van der Waals surface area contributed by atoms with Gasteiger partial charge in [0.15, 0.2) is 0 Å². The molecule has 0 bridgehead atoms. The van der Waals surface area contributed by atoms with E-state index in [2.05, 4.69) is 10.3 Å². The molecule has 2 amide bonds. The lowest BCUT2D eigenvalue weighted by Crippen LogP contribution is -2.50. The van der Waals surface area contributed by atoms with Crippen molar-refractivity contribution in [2.24, 2.45) is 11.8 Å². The molecule has 1 unspecified atom stereocenters. The van der Waals surface area contributed by atoms with Crippen LogP contribution in [0.1, 0.15) is 30.1 Å². The summed E-state index contributed by atoms with van der Waals surface area (Å²) in [6.07, 6.45) is 0.800. The Morgan fingerprint density at radius 1 is 1.11 bits per heavy atom. The number of halogens is 2. The van der Waals surface area contributed by atoms with Gasteiger partial charge in [-0.05, 0) is 31.0 Å². The highest BCUT2D eigenvalue weighted by molar-refractivity contribution is 6.88. The summed E-state index contributed by atoms with van der Waals surface area (Å²) >= 11 is 0. The number of carbonyl (C=O) groups excluding carboxylic acids is 2. The maximum atomic E-state index is 14.8. The fraction of sp³-hybridized carbons (Fsp3) is 0.440. The Bertz CT molecular complexity index is 1200. The normalized spacial score (nSPS) is 21.3. The van der Waals surface area contributed by atoms with E-state index in [9.17, 15) is 28.3 Å². The summed E-state index contributed by atoms with van der Waals surface area (Å²) < 4.78 is 34.8.